The number of imidazole rings is 1. The number of nitrogens with zero attached hydrogens (tertiary/aromatic N) is 5. The summed E-state index contributed by atoms with van der Waals surface area (Å²) in [6, 6.07) is 0. The lowest BCUT2D eigenvalue weighted by molar-refractivity contribution is -0.115. The number of hydrogen-bond donors (Lipinski definition) is 0. The summed E-state index contributed by atoms with van der Waals surface area (Å²) in [5.74, 6) is -1.14. The maximum atomic E-state index is 13.1. The fraction of sp³-hybridized carbons (Fsp3) is 0.286. The summed E-state index contributed by atoms with van der Waals surface area (Å²) in [5.41, 5.74) is -3.22. The standard InChI is InChI=1S/C21H21N5O6/c1-5-14(27)8-11-23-17-18(24(20(23)31)12-9-15(28)6-2)25(13-10-16(29)7-3)21(32)26(22-4)19(17)30/h5-7H,1-3,8-13H2. The third-order valence-corrected chi connectivity index (χ3v) is 4.79. The summed E-state index contributed by atoms with van der Waals surface area (Å²) < 4.78 is 3.28. The number of carbonyl (C=O) groups excluding carboxylic acids is 3. The quantitative estimate of drug-likeness (QED) is 0.345. The van der Waals surface area contributed by atoms with E-state index in [0.29, 0.717) is 0 Å². The highest BCUT2D eigenvalue weighted by atomic mass is 16.2. The molecule has 0 atom stereocenters. The van der Waals surface area contributed by atoms with Gasteiger partial charge in [0, 0.05) is 38.9 Å². The molecule has 0 saturated carbocycles. The first kappa shape index (κ1) is 23.9. The SMILES string of the molecule is [C-]#[N+]n1c(=O)c2c(n(CCC(=O)C=C)c1=O)n(CCC(=O)C=C)c(=O)n2CCC(=O)C=C. The Balaban J connectivity index is 2.90. The van der Waals surface area contributed by atoms with Crippen molar-refractivity contribution in [2.75, 3.05) is 0 Å². The molecular formula is C21H21N5O6. The Labute approximate surface area is 181 Å². The molecule has 11 nitrogen and oxygen atoms in total. The summed E-state index contributed by atoms with van der Waals surface area (Å²) in [4.78, 5) is 77.0. The molecule has 2 aromatic rings. The van der Waals surface area contributed by atoms with Crippen LogP contribution < -0.4 is 16.9 Å². The second kappa shape index (κ2) is 10.1. The van der Waals surface area contributed by atoms with Crippen LogP contribution in [0.4, 0.5) is 0 Å². The van der Waals surface area contributed by atoms with E-state index < -0.39 is 22.7 Å². The van der Waals surface area contributed by atoms with Crippen molar-refractivity contribution in [3.05, 3.63) is 80.8 Å². The molecule has 2 heterocycles. The second-order valence-electron chi connectivity index (χ2n) is 6.67. The molecule has 0 bridgehead atoms. The number of rotatable bonds is 12. The molecular weight excluding hydrogens is 418 g/mol. The van der Waals surface area contributed by atoms with E-state index in [2.05, 4.69) is 24.7 Å². The maximum absolute atomic E-state index is 13.1. The van der Waals surface area contributed by atoms with Gasteiger partial charge in [0.15, 0.2) is 28.5 Å². The van der Waals surface area contributed by atoms with Gasteiger partial charge in [-0.3, -0.25) is 32.9 Å². The van der Waals surface area contributed by atoms with Gasteiger partial charge >= 0.3 is 16.9 Å². The van der Waals surface area contributed by atoms with Gasteiger partial charge in [0.2, 0.25) is 0 Å². The van der Waals surface area contributed by atoms with Crippen molar-refractivity contribution in [2.45, 2.75) is 38.9 Å². The van der Waals surface area contributed by atoms with Gasteiger partial charge in [0.25, 0.3) is 0 Å². The molecule has 11 heteroatoms. The predicted octanol–water partition coefficient (Wildman–Crippen LogP) is 0.244. The van der Waals surface area contributed by atoms with Crippen molar-refractivity contribution in [3.63, 3.8) is 0 Å². The molecule has 166 valence electrons. The smallest absolute Gasteiger partial charge is 0.295 e. The number of aromatic nitrogens is 4. The van der Waals surface area contributed by atoms with E-state index >= 15 is 0 Å². The predicted molar refractivity (Wildman–Crippen MR) is 116 cm³/mol. The number of fused-ring (bicyclic) bond motifs is 1. The molecule has 0 spiro atoms. The first-order chi connectivity index (χ1) is 15.2. The largest absolute Gasteiger partial charge is 0.401 e. The van der Waals surface area contributed by atoms with Gasteiger partial charge in [-0.2, -0.15) is 6.57 Å². The van der Waals surface area contributed by atoms with Crippen molar-refractivity contribution >= 4 is 28.5 Å². The highest BCUT2D eigenvalue weighted by Gasteiger charge is 2.26. The lowest BCUT2D eigenvalue weighted by Gasteiger charge is -2.09. The van der Waals surface area contributed by atoms with E-state index in [9.17, 15) is 28.8 Å². The molecule has 32 heavy (non-hydrogen) atoms. The van der Waals surface area contributed by atoms with Crippen LogP contribution in [0.25, 0.3) is 16.1 Å². The maximum Gasteiger partial charge on any atom is 0.401 e. The Morgan fingerprint density at radius 1 is 0.750 bits per heavy atom. The molecule has 2 rings (SSSR count). The summed E-state index contributed by atoms with van der Waals surface area (Å²) in [7, 11) is 0. The number of hydrogen-bond acceptors (Lipinski definition) is 6. The second-order valence-corrected chi connectivity index (χ2v) is 6.67. The lowest BCUT2D eigenvalue weighted by Crippen LogP contribution is -2.38. The van der Waals surface area contributed by atoms with Crippen LogP contribution in [-0.4, -0.2) is 35.7 Å². The molecule has 0 amide bonds. The Bertz CT molecular complexity index is 1360. The molecule has 0 fully saturated rings. The molecule has 0 saturated heterocycles. The molecule has 0 aliphatic carbocycles. The van der Waals surface area contributed by atoms with Crippen LogP contribution >= 0.6 is 0 Å². The third-order valence-electron chi connectivity index (χ3n) is 4.79. The minimum Gasteiger partial charge on any atom is -0.295 e. The number of allylic oxidation sites excluding steroid dienone is 3. The molecule has 0 N–H and O–H groups in total. The average Bonchev–Trinajstić information content (AvgIpc) is 3.06. The zero-order valence-electron chi connectivity index (χ0n) is 17.3. The summed E-state index contributed by atoms with van der Waals surface area (Å²) in [6.07, 6.45) is 2.75. The van der Waals surface area contributed by atoms with E-state index in [0.717, 1.165) is 31.9 Å². The van der Waals surface area contributed by atoms with Gasteiger partial charge in [-0.05, 0) is 18.2 Å². The van der Waals surface area contributed by atoms with Crippen molar-refractivity contribution < 1.29 is 14.4 Å². The van der Waals surface area contributed by atoms with Crippen LogP contribution in [0.1, 0.15) is 19.3 Å². The van der Waals surface area contributed by atoms with Gasteiger partial charge in [-0.25, -0.2) is 9.59 Å². The van der Waals surface area contributed by atoms with Crippen molar-refractivity contribution in [3.8, 4) is 0 Å². The minimum absolute atomic E-state index is 0.135. The van der Waals surface area contributed by atoms with E-state index in [1.807, 2.05) is 0 Å². The Morgan fingerprint density at radius 3 is 1.56 bits per heavy atom. The van der Waals surface area contributed by atoms with Crippen LogP contribution in [0, 0.1) is 6.57 Å². The monoisotopic (exact) mass is 439 g/mol. The Kier molecular flexibility index (Phi) is 7.57. The normalized spacial score (nSPS) is 10.5. The molecule has 0 radical (unpaired) electrons. The average molecular weight is 439 g/mol. The molecule has 0 aliphatic rings. The Morgan fingerprint density at radius 2 is 1.16 bits per heavy atom. The molecule has 2 aromatic heterocycles. The molecule has 0 aromatic carbocycles. The van der Waals surface area contributed by atoms with E-state index in [1.54, 1.807) is 0 Å². The lowest BCUT2D eigenvalue weighted by atomic mass is 10.2. The molecule has 0 aliphatic heterocycles. The van der Waals surface area contributed by atoms with Crippen LogP contribution in [0.3, 0.4) is 0 Å². The Hall–Kier alpha value is -4.33. The van der Waals surface area contributed by atoms with E-state index in [-0.39, 0.29) is 66.3 Å². The highest BCUT2D eigenvalue weighted by Crippen LogP contribution is 2.11. The van der Waals surface area contributed by atoms with E-state index in [1.165, 1.54) is 0 Å². The fourth-order valence-corrected chi connectivity index (χ4v) is 3.13. The molecule has 0 unspecified atom stereocenters. The number of carbonyl (C=O) groups is 3. The minimum atomic E-state index is -1.04. The zero-order chi connectivity index (χ0) is 24.0. The van der Waals surface area contributed by atoms with E-state index in [4.69, 9.17) is 6.57 Å². The van der Waals surface area contributed by atoms with Gasteiger partial charge < -0.3 is 0 Å². The van der Waals surface area contributed by atoms with Gasteiger partial charge in [0.1, 0.15) is 0 Å². The first-order valence-electron chi connectivity index (χ1n) is 9.54. The van der Waals surface area contributed by atoms with Crippen molar-refractivity contribution in [1.82, 2.24) is 18.4 Å². The zero-order valence-corrected chi connectivity index (χ0v) is 17.3. The van der Waals surface area contributed by atoms with Gasteiger partial charge in [-0.1, -0.05) is 19.7 Å². The third kappa shape index (κ3) is 4.54. The first-order valence-corrected chi connectivity index (χ1v) is 9.54. The van der Waals surface area contributed by atoms with Crippen molar-refractivity contribution in [2.24, 2.45) is 0 Å². The van der Waals surface area contributed by atoms with Gasteiger partial charge in [0.05, 0.1) is 4.68 Å². The topological polar surface area (TPSA) is 126 Å². The van der Waals surface area contributed by atoms with Crippen LogP contribution in [0.2, 0.25) is 0 Å². The number of ketones is 3. The summed E-state index contributed by atoms with van der Waals surface area (Å²) in [6.45, 7) is 16.7. The summed E-state index contributed by atoms with van der Waals surface area (Å²) >= 11 is 0. The van der Waals surface area contributed by atoms with Crippen LogP contribution in [-0.2, 0) is 34.0 Å². The highest BCUT2D eigenvalue weighted by molar-refractivity contribution is 5.90. The number of aryl methyl sites for hydroxylation is 3. The van der Waals surface area contributed by atoms with Crippen LogP contribution in [0.5, 0.6) is 0 Å². The van der Waals surface area contributed by atoms with Crippen molar-refractivity contribution in [1.29, 1.82) is 0 Å². The van der Waals surface area contributed by atoms with Crippen LogP contribution in [0.15, 0.2) is 52.3 Å². The van der Waals surface area contributed by atoms with Gasteiger partial charge in [-0.15, -0.1) is 4.95 Å². The summed E-state index contributed by atoms with van der Waals surface area (Å²) in [5, 5.41) is 0. The fourth-order valence-electron chi connectivity index (χ4n) is 3.13.